The minimum Gasteiger partial charge on any atom is -0.336 e. The van der Waals surface area contributed by atoms with Crippen molar-refractivity contribution >= 4 is 16.7 Å². The van der Waals surface area contributed by atoms with E-state index in [1.54, 1.807) is 0 Å². The van der Waals surface area contributed by atoms with Crippen LogP contribution in [0.4, 0.5) is 0 Å². The predicted octanol–water partition coefficient (Wildman–Crippen LogP) is 4.20. The van der Waals surface area contributed by atoms with Crippen molar-refractivity contribution in [1.29, 1.82) is 0 Å². The van der Waals surface area contributed by atoms with Crippen molar-refractivity contribution in [1.82, 2.24) is 9.88 Å². The summed E-state index contributed by atoms with van der Waals surface area (Å²) < 4.78 is 0. The van der Waals surface area contributed by atoms with Gasteiger partial charge in [-0.1, -0.05) is 38.1 Å². The van der Waals surface area contributed by atoms with Crippen molar-refractivity contribution in [2.45, 2.75) is 58.0 Å². The van der Waals surface area contributed by atoms with Crippen LogP contribution in [-0.2, 0) is 11.2 Å². The Hall–Kier alpha value is -1.90. The fourth-order valence-electron chi connectivity index (χ4n) is 4.77. The maximum absolute atomic E-state index is 12.5. The van der Waals surface area contributed by atoms with E-state index in [1.807, 2.05) is 26.2 Å². The molecule has 2 aromatic rings. The summed E-state index contributed by atoms with van der Waals surface area (Å²) in [4.78, 5) is 19.2. The lowest BCUT2D eigenvalue weighted by atomic mass is 9.84. The Morgan fingerprint density at radius 2 is 1.88 bits per heavy atom. The third kappa shape index (κ3) is 2.70. The molecule has 0 N–H and O–H groups in total. The highest BCUT2D eigenvalue weighted by molar-refractivity contribution is 5.84. The maximum Gasteiger partial charge on any atom is 0.225 e. The number of hydrogen-bond acceptors (Lipinski definition) is 2. The van der Waals surface area contributed by atoms with Gasteiger partial charge in [-0.3, -0.25) is 9.78 Å². The van der Waals surface area contributed by atoms with Gasteiger partial charge < -0.3 is 4.90 Å². The van der Waals surface area contributed by atoms with Crippen molar-refractivity contribution in [3.63, 3.8) is 0 Å². The zero-order valence-electron chi connectivity index (χ0n) is 14.6. The first-order valence-electron chi connectivity index (χ1n) is 9.27. The van der Waals surface area contributed by atoms with Crippen molar-refractivity contribution < 1.29 is 4.79 Å². The first-order valence-corrected chi connectivity index (χ1v) is 9.27. The highest BCUT2D eigenvalue weighted by Crippen LogP contribution is 2.41. The summed E-state index contributed by atoms with van der Waals surface area (Å²) in [5.74, 6) is 1.14. The lowest BCUT2D eigenvalue weighted by Crippen LogP contribution is -2.48. The first kappa shape index (κ1) is 15.6. The number of fused-ring (bicyclic) bond motifs is 3. The number of benzene rings is 1. The fourth-order valence-corrected chi connectivity index (χ4v) is 4.77. The smallest absolute Gasteiger partial charge is 0.225 e. The second-order valence-corrected chi connectivity index (χ2v) is 7.85. The number of carbonyl (C=O) groups is 1. The van der Waals surface area contributed by atoms with Crippen LogP contribution >= 0.6 is 0 Å². The molecular weight excluding hydrogens is 296 g/mol. The van der Waals surface area contributed by atoms with Gasteiger partial charge in [-0.2, -0.15) is 0 Å². The molecule has 0 radical (unpaired) electrons. The zero-order valence-corrected chi connectivity index (χ0v) is 14.6. The highest BCUT2D eigenvalue weighted by Gasteiger charge is 2.43. The van der Waals surface area contributed by atoms with Crippen molar-refractivity contribution in [3.05, 3.63) is 42.2 Å². The second kappa shape index (κ2) is 6.19. The molecular formula is C21H26N2O. The van der Waals surface area contributed by atoms with Gasteiger partial charge in [0.2, 0.25) is 5.91 Å². The summed E-state index contributed by atoms with van der Waals surface area (Å²) in [7, 11) is 0. The zero-order chi connectivity index (χ0) is 16.7. The topological polar surface area (TPSA) is 33.2 Å². The van der Waals surface area contributed by atoms with E-state index in [1.165, 1.54) is 29.2 Å². The monoisotopic (exact) mass is 322 g/mol. The molecule has 2 saturated heterocycles. The number of pyridine rings is 1. The molecule has 3 nitrogen and oxygen atoms in total. The summed E-state index contributed by atoms with van der Waals surface area (Å²) in [6, 6.07) is 9.46. The average molecular weight is 322 g/mol. The quantitative estimate of drug-likeness (QED) is 0.848. The van der Waals surface area contributed by atoms with Gasteiger partial charge in [-0.15, -0.1) is 0 Å². The van der Waals surface area contributed by atoms with Gasteiger partial charge in [0.25, 0.3) is 0 Å². The molecule has 4 rings (SSSR count). The molecule has 126 valence electrons. The summed E-state index contributed by atoms with van der Waals surface area (Å²) in [5, 5.41) is 2.56. The Labute approximate surface area is 144 Å². The predicted molar refractivity (Wildman–Crippen MR) is 96.7 cm³/mol. The van der Waals surface area contributed by atoms with Crippen LogP contribution in [0.2, 0.25) is 0 Å². The van der Waals surface area contributed by atoms with E-state index in [9.17, 15) is 4.79 Å². The Kier molecular flexibility index (Phi) is 4.03. The summed E-state index contributed by atoms with van der Waals surface area (Å²) >= 11 is 0. The summed E-state index contributed by atoms with van der Waals surface area (Å²) in [5.41, 5.74) is 1.36. The van der Waals surface area contributed by atoms with Crippen LogP contribution in [0.3, 0.4) is 0 Å². The minimum absolute atomic E-state index is 0.118. The van der Waals surface area contributed by atoms with Gasteiger partial charge in [-0.25, -0.2) is 0 Å². The molecule has 2 fully saturated rings. The van der Waals surface area contributed by atoms with E-state index in [-0.39, 0.29) is 5.92 Å². The molecule has 1 aromatic heterocycles. The Balaban J connectivity index is 1.53. The van der Waals surface area contributed by atoms with E-state index in [4.69, 9.17) is 0 Å². The molecule has 1 amide bonds. The van der Waals surface area contributed by atoms with Crippen LogP contribution in [-0.4, -0.2) is 27.9 Å². The van der Waals surface area contributed by atoms with Gasteiger partial charge in [0.15, 0.2) is 0 Å². The molecule has 2 bridgehead atoms. The maximum atomic E-state index is 12.5. The van der Waals surface area contributed by atoms with Gasteiger partial charge in [0.1, 0.15) is 0 Å². The summed E-state index contributed by atoms with van der Waals surface area (Å²) in [6.45, 7) is 4.05. The van der Waals surface area contributed by atoms with Crippen molar-refractivity contribution in [2.24, 2.45) is 11.8 Å². The normalized spacial score (nSPS) is 26.3. The number of carbonyl (C=O) groups excluding carboxylic acids is 1. The van der Waals surface area contributed by atoms with Crippen LogP contribution in [0, 0.1) is 11.8 Å². The third-order valence-corrected chi connectivity index (χ3v) is 5.84. The number of rotatable bonds is 3. The number of nitrogens with zero attached hydrogens (tertiary/aromatic N) is 2. The standard InChI is InChI=1S/C21H26N2O/c1-14(2)21(24)23-18-7-8-19(23)11-15(10-18)9-17-13-22-12-16-5-3-4-6-20(16)17/h3-6,12-15,18-19H,7-11H2,1-2H3. The Bertz CT molecular complexity index is 735. The average Bonchev–Trinajstić information content (AvgIpc) is 2.85. The van der Waals surface area contributed by atoms with Crippen LogP contribution in [0.5, 0.6) is 0 Å². The lowest BCUT2D eigenvalue weighted by molar-refractivity contribution is -0.139. The van der Waals surface area contributed by atoms with Gasteiger partial charge in [0, 0.05) is 35.8 Å². The minimum atomic E-state index is 0.118. The van der Waals surface area contributed by atoms with E-state index in [2.05, 4.69) is 34.1 Å². The lowest BCUT2D eigenvalue weighted by Gasteiger charge is -2.40. The molecule has 0 aliphatic carbocycles. The Morgan fingerprint density at radius 1 is 1.17 bits per heavy atom. The molecule has 2 aliphatic heterocycles. The van der Waals surface area contributed by atoms with E-state index in [0.29, 0.717) is 23.9 Å². The van der Waals surface area contributed by atoms with Crippen LogP contribution < -0.4 is 0 Å². The molecule has 0 spiro atoms. The van der Waals surface area contributed by atoms with Crippen LogP contribution in [0.1, 0.15) is 45.1 Å². The van der Waals surface area contributed by atoms with Crippen LogP contribution in [0.25, 0.3) is 10.8 Å². The van der Waals surface area contributed by atoms with Crippen LogP contribution in [0.15, 0.2) is 36.7 Å². The molecule has 2 atom stereocenters. The SMILES string of the molecule is CC(C)C(=O)N1C2CCC1CC(Cc1cncc3ccccc13)C2. The van der Waals surface area contributed by atoms with Gasteiger partial charge in [-0.05, 0) is 49.0 Å². The molecule has 0 saturated carbocycles. The first-order chi connectivity index (χ1) is 11.6. The van der Waals surface area contributed by atoms with Crippen molar-refractivity contribution in [3.8, 4) is 0 Å². The number of hydrogen-bond donors (Lipinski definition) is 0. The highest BCUT2D eigenvalue weighted by atomic mass is 16.2. The Morgan fingerprint density at radius 3 is 2.58 bits per heavy atom. The third-order valence-electron chi connectivity index (χ3n) is 5.84. The van der Waals surface area contributed by atoms with E-state index in [0.717, 1.165) is 19.3 Å². The molecule has 3 heteroatoms. The second-order valence-electron chi connectivity index (χ2n) is 7.85. The molecule has 3 heterocycles. The number of amides is 1. The summed E-state index contributed by atoms with van der Waals surface area (Å²) in [6.07, 6.45) is 9.75. The molecule has 2 aliphatic rings. The van der Waals surface area contributed by atoms with Gasteiger partial charge >= 0.3 is 0 Å². The molecule has 1 aromatic carbocycles. The number of aromatic nitrogens is 1. The van der Waals surface area contributed by atoms with E-state index < -0.39 is 0 Å². The van der Waals surface area contributed by atoms with E-state index >= 15 is 0 Å². The fraction of sp³-hybridized carbons (Fsp3) is 0.524. The van der Waals surface area contributed by atoms with Crippen molar-refractivity contribution in [2.75, 3.05) is 0 Å². The number of piperidine rings is 1. The molecule has 24 heavy (non-hydrogen) atoms. The molecule has 2 unspecified atom stereocenters. The largest absolute Gasteiger partial charge is 0.336 e. The van der Waals surface area contributed by atoms with Gasteiger partial charge in [0.05, 0.1) is 0 Å².